The minimum Gasteiger partial charge on any atom is -0.384 e. The summed E-state index contributed by atoms with van der Waals surface area (Å²) in [6.07, 6.45) is 5.10. The molecule has 1 aliphatic carbocycles. The van der Waals surface area contributed by atoms with Crippen molar-refractivity contribution in [1.82, 2.24) is 0 Å². The van der Waals surface area contributed by atoms with E-state index in [0.717, 1.165) is 17.8 Å². The van der Waals surface area contributed by atoms with Gasteiger partial charge in [-0.1, -0.05) is 13.3 Å². The molecule has 0 aliphatic heterocycles. The van der Waals surface area contributed by atoms with E-state index in [-0.39, 0.29) is 10.6 Å². The van der Waals surface area contributed by atoms with E-state index in [1.165, 1.54) is 25.7 Å². The summed E-state index contributed by atoms with van der Waals surface area (Å²) in [7, 11) is 0. The number of rotatable bonds is 6. The summed E-state index contributed by atoms with van der Waals surface area (Å²) in [5.41, 5.74) is 2.61. The molecule has 18 heavy (non-hydrogen) atoms. The summed E-state index contributed by atoms with van der Waals surface area (Å²) >= 11 is 0. The van der Waals surface area contributed by atoms with Gasteiger partial charge in [0.2, 0.25) is 0 Å². The summed E-state index contributed by atoms with van der Waals surface area (Å²) < 4.78 is 0. The molecule has 4 heteroatoms. The van der Waals surface area contributed by atoms with Gasteiger partial charge in [0.05, 0.1) is 4.92 Å². The molecule has 0 saturated heterocycles. The third-order valence-corrected chi connectivity index (χ3v) is 3.81. The van der Waals surface area contributed by atoms with E-state index < -0.39 is 0 Å². The zero-order valence-electron chi connectivity index (χ0n) is 11.0. The number of hydrogen-bond donors (Lipinski definition) is 1. The van der Waals surface area contributed by atoms with Crippen molar-refractivity contribution in [2.24, 2.45) is 5.41 Å². The molecule has 0 amide bonds. The lowest BCUT2D eigenvalue weighted by molar-refractivity contribution is -0.384. The first-order chi connectivity index (χ1) is 8.56. The van der Waals surface area contributed by atoms with E-state index in [2.05, 4.69) is 12.2 Å². The number of aryl methyl sites for hydroxylation is 1. The fraction of sp³-hybridized carbons (Fsp3) is 0.571. The number of benzene rings is 1. The standard InChI is InChI=1S/C14H20N2O2/c1-3-6-14(7-8-14)10-15-13-5-4-12(16(17)18)9-11(13)2/h4-5,9,15H,3,6-8,10H2,1-2H3. The third-order valence-electron chi connectivity index (χ3n) is 3.81. The van der Waals surface area contributed by atoms with Crippen molar-refractivity contribution in [2.45, 2.75) is 39.5 Å². The summed E-state index contributed by atoms with van der Waals surface area (Å²) in [5, 5.41) is 14.1. The van der Waals surface area contributed by atoms with Crippen LogP contribution in [0.1, 0.15) is 38.2 Å². The number of anilines is 1. The van der Waals surface area contributed by atoms with Crippen LogP contribution in [0.2, 0.25) is 0 Å². The van der Waals surface area contributed by atoms with Gasteiger partial charge in [0, 0.05) is 24.4 Å². The molecular weight excluding hydrogens is 228 g/mol. The van der Waals surface area contributed by atoms with Gasteiger partial charge in [0.25, 0.3) is 5.69 Å². The first kappa shape index (κ1) is 12.9. The molecule has 0 heterocycles. The predicted octanol–water partition coefficient (Wildman–Crippen LogP) is 3.90. The average Bonchev–Trinajstić information content (AvgIpc) is 3.08. The van der Waals surface area contributed by atoms with Crippen molar-refractivity contribution < 1.29 is 4.92 Å². The monoisotopic (exact) mass is 248 g/mol. The lowest BCUT2D eigenvalue weighted by Crippen LogP contribution is -2.15. The Morgan fingerprint density at radius 3 is 2.67 bits per heavy atom. The number of nitrogens with one attached hydrogen (secondary N) is 1. The molecule has 0 unspecified atom stereocenters. The summed E-state index contributed by atoms with van der Waals surface area (Å²) in [5.74, 6) is 0. The van der Waals surface area contributed by atoms with Gasteiger partial charge in [0.1, 0.15) is 0 Å². The van der Waals surface area contributed by atoms with Gasteiger partial charge >= 0.3 is 0 Å². The molecule has 1 N–H and O–H groups in total. The van der Waals surface area contributed by atoms with Gasteiger partial charge in [-0.25, -0.2) is 0 Å². The van der Waals surface area contributed by atoms with Crippen LogP contribution in [0.25, 0.3) is 0 Å². The highest BCUT2D eigenvalue weighted by Gasteiger charge is 2.41. The van der Waals surface area contributed by atoms with Crippen LogP contribution in [0.5, 0.6) is 0 Å². The fourth-order valence-electron chi connectivity index (χ4n) is 2.46. The minimum absolute atomic E-state index is 0.160. The van der Waals surface area contributed by atoms with E-state index in [4.69, 9.17) is 0 Å². The molecule has 1 fully saturated rings. The van der Waals surface area contributed by atoms with E-state index in [1.807, 2.05) is 13.0 Å². The summed E-state index contributed by atoms with van der Waals surface area (Å²) in [4.78, 5) is 10.3. The van der Waals surface area contributed by atoms with Gasteiger partial charge < -0.3 is 5.32 Å². The second-order valence-corrected chi connectivity index (χ2v) is 5.36. The molecule has 0 radical (unpaired) electrons. The Balaban J connectivity index is 2.00. The van der Waals surface area contributed by atoms with Crippen molar-refractivity contribution in [3.63, 3.8) is 0 Å². The topological polar surface area (TPSA) is 55.2 Å². The van der Waals surface area contributed by atoms with Gasteiger partial charge in [-0.2, -0.15) is 0 Å². The number of nitrogens with zero attached hydrogens (tertiary/aromatic N) is 1. The number of nitro groups is 1. The van der Waals surface area contributed by atoms with Gasteiger partial charge in [-0.15, -0.1) is 0 Å². The number of hydrogen-bond acceptors (Lipinski definition) is 3. The Bertz CT molecular complexity index is 453. The maximum atomic E-state index is 10.7. The first-order valence-electron chi connectivity index (χ1n) is 6.55. The second-order valence-electron chi connectivity index (χ2n) is 5.36. The largest absolute Gasteiger partial charge is 0.384 e. The predicted molar refractivity (Wildman–Crippen MR) is 72.9 cm³/mol. The quantitative estimate of drug-likeness (QED) is 0.613. The molecule has 0 atom stereocenters. The van der Waals surface area contributed by atoms with Crippen molar-refractivity contribution in [3.8, 4) is 0 Å². The molecule has 1 aromatic rings. The third kappa shape index (κ3) is 2.81. The van der Waals surface area contributed by atoms with Gasteiger partial charge in [-0.3, -0.25) is 10.1 Å². The van der Waals surface area contributed by atoms with Crippen LogP contribution in [0.3, 0.4) is 0 Å². The number of nitro benzene ring substituents is 1. The molecular formula is C14H20N2O2. The fourth-order valence-corrected chi connectivity index (χ4v) is 2.46. The maximum Gasteiger partial charge on any atom is 0.269 e. The highest BCUT2D eigenvalue weighted by molar-refractivity contribution is 5.55. The average molecular weight is 248 g/mol. The van der Waals surface area contributed by atoms with E-state index in [0.29, 0.717) is 5.41 Å². The van der Waals surface area contributed by atoms with Crippen molar-refractivity contribution in [1.29, 1.82) is 0 Å². The molecule has 2 rings (SSSR count). The normalized spacial score (nSPS) is 16.3. The van der Waals surface area contributed by atoms with Crippen LogP contribution in [-0.4, -0.2) is 11.5 Å². The van der Waals surface area contributed by atoms with Crippen LogP contribution in [0, 0.1) is 22.5 Å². The van der Waals surface area contributed by atoms with E-state index >= 15 is 0 Å². The highest BCUT2D eigenvalue weighted by Crippen LogP contribution is 2.49. The van der Waals surface area contributed by atoms with Crippen molar-refractivity contribution >= 4 is 11.4 Å². The molecule has 0 spiro atoms. The molecule has 98 valence electrons. The minimum atomic E-state index is -0.351. The van der Waals surface area contributed by atoms with Crippen LogP contribution in [-0.2, 0) is 0 Å². The van der Waals surface area contributed by atoms with Crippen LogP contribution in [0.15, 0.2) is 18.2 Å². The smallest absolute Gasteiger partial charge is 0.269 e. The molecule has 4 nitrogen and oxygen atoms in total. The van der Waals surface area contributed by atoms with Crippen LogP contribution >= 0.6 is 0 Å². The van der Waals surface area contributed by atoms with Crippen LogP contribution < -0.4 is 5.32 Å². The van der Waals surface area contributed by atoms with E-state index in [9.17, 15) is 10.1 Å². The molecule has 1 aliphatic rings. The second kappa shape index (κ2) is 4.96. The molecule has 0 bridgehead atoms. The Hall–Kier alpha value is -1.58. The Morgan fingerprint density at radius 2 is 2.17 bits per heavy atom. The SMILES string of the molecule is CCCC1(CNc2ccc([N+](=O)[O-])cc2C)CC1. The van der Waals surface area contributed by atoms with Crippen molar-refractivity contribution in [3.05, 3.63) is 33.9 Å². The Labute approximate surface area is 108 Å². The first-order valence-corrected chi connectivity index (χ1v) is 6.55. The molecule has 1 aromatic carbocycles. The van der Waals surface area contributed by atoms with Gasteiger partial charge in [0.15, 0.2) is 0 Å². The molecule has 0 aromatic heterocycles. The van der Waals surface area contributed by atoms with Crippen molar-refractivity contribution in [2.75, 3.05) is 11.9 Å². The lowest BCUT2D eigenvalue weighted by Gasteiger charge is -2.17. The molecule has 1 saturated carbocycles. The maximum absolute atomic E-state index is 10.7. The number of non-ortho nitro benzene ring substituents is 1. The summed E-state index contributed by atoms with van der Waals surface area (Å²) in [6.45, 7) is 5.12. The van der Waals surface area contributed by atoms with Crippen LogP contribution in [0.4, 0.5) is 11.4 Å². The summed E-state index contributed by atoms with van der Waals surface area (Å²) in [6, 6.07) is 5.01. The van der Waals surface area contributed by atoms with E-state index in [1.54, 1.807) is 12.1 Å². The lowest BCUT2D eigenvalue weighted by atomic mass is 10.0. The van der Waals surface area contributed by atoms with Gasteiger partial charge in [-0.05, 0) is 43.2 Å². The Kier molecular flexibility index (Phi) is 3.55. The zero-order valence-corrected chi connectivity index (χ0v) is 11.0. The zero-order chi connectivity index (χ0) is 13.2. The Morgan fingerprint density at radius 1 is 1.44 bits per heavy atom. The highest BCUT2D eigenvalue weighted by atomic mass is 16.6.